The molecule has 1 amide bonds. The highest BCUT2D eigenvalue weighted by atomic mass is 16.5. The number of hydrogen-bond donors (Lipinski definition) is 3. The van der Waals surface area contributed by atoms with E-state index in [1.165, 1.54) is 173 Å². The molecular weight excluding hydrogens is 851 g/mol. The van der Waals surface area contributed by atoms with Gasteiger partial charge in [-0.15, -0.1) is 0 Å². The van der Waals surface area contributed by atoms with Gasteiger partial charge in [-0.3, -0.25) is 9.59 Å². The van der Waals surface area contributed by atoms with Gasteiger partial charge in [0.15, 0.2) is 0 Å². The molecule has 0 aromatic carbocycles. The normalized spacial score (nSPS) is 13.6. The van der Waals surface area contributed by atoms with E-state index in [2.05, 4.69) is 50.4 Å². The van der Waals surface area contributed by atoms with Crippen molar-refractivity contribution in [2.75, 3.05) is 6.61 Å². The Balaban J connectivity index is 4.62. The summed E-state index contributed by atoms with van der Waals surface area (Å²) in [5.74, 6) is -0.514. The summed E-state index contributed by atoms with van der Waals surface area (Å²) in [6.07, 6.45) is 72.5. The molecule has 0 bridgehead atoms. The van der Waals surface area contributed by atoms with Gasteiger partial charge in [0.05, 0.1) is 25.2 Å². The summed E-state index contributed by atoms with van der Waals surface area (Å²) in [5, 5.41) is 23.9. The van der Waals surface area contributed by atoms with Gasteiger partial charge in [0.1, 0.15) is 6.10 Å². The number of allylic oxidation sites excluding steroid dienone is 12. The number of aliphatic hydroxyl groups is 2. The summed E-state index contributed by atoms with van der Waals surface area (Å²) in [5.41, 5.74) is 0. The van der Waals surface area contributed by atoms with Crippen molar-refractivity contribution in [3.05, 3.63) is 72.9 Å². The lowest BCUT2D eigenvalue weighted by Crippen LogP contribution is -2.46. The number of amides is 1. The number of unbranched alkanes of at least 4 members (excludes halogenated alkanes) is 34. The predicted molar refractivity (Wildman–Crippen MR) is 301 cm³/mol. The van der Waals surface area contributed by atoms with E-state index in [1.807, 2.05) is 48.6 Å². The topological polar surface area (TPSA) is 95.9 Å². The summed E-state index contributed by atoms with van der Waals surface area (Å²) >= 11 is 0. The fraction of sp³-hybridized carbons (Fsp3) is 0.778. The highest BCUT2D eigenvalue weighted by Gasteiger charge is 2.24. The summed E-state index contributed by atoms with van der Waals surface area (Å²) in [7, 11) is 0. The molecule has 0 aliphatic carbocycles. The molecule has 0 rings (SSSR count). The van der Waals surface area contributed by atoms with Crippen molar-refractivity contribution < 1.29 is 24.5 Å². The third-order valence-electron chi connectivity index (χ3n) is 13.5. The minimum atomic E-state index is -0.799. The molecule has 0 aromatic heterocycles. The number of carbonyl (C=O) groups excluding carboxylic acids is 2. The van der Waals surface area contributed by atoms with Crippen molar-refractivity contribution in [3.8, 4) is 0 Å². The Labute approximate surface area is 428 Å². The van der Waals surface area contributed by atoms with Crippen molar-refractivity contribution in [1.29, 1.82) is 0 Å². The summed E-state index contributed by atoms with van der Waals surface area (Å²) < 4.78 is 5.95. The first-order valence-corrected chi connectivity index (χ1v) is 29.7. The van der Waals surface area contributed by atoms with E-state index in [4.69, 9.17) is 4.74 Å². The van der Waals surface area contributed by atoms with Crippen LogP contribution in [0.3, 0.4) is 0 Å². The highest BCUT2D eigenvalue weighted by Crippen LogP contribution is 2.19. The van der Waals surface area contributed by atoms with Gasteiger partial charge in [0.2, 0.25) is 5.91 Å². The maximum atomic E-state index is 13.3. The van der Waals surface area contributed by atoms with Crippen molar-refractivity contribution in [2.45, 2.75) is 309 Å². The first-order valence-electron chi connectivity index (χ1n) is 29.7. The maximum absolute atomic E-state index is 13.3. The molecule has 400 valence electrons. The van der Waals surface area contributed by atoms with Crippen LogP contribution in [0.25, 0.3) is 0 Å². The van der Waals surface area contributed by atoms with Crippen LogP contribution in [-0.4, -0.2) is 46.9 Å². The zero-order valence-corrected chi connectivity index (χ0v) is 45.7. The first kappa shape index (κ1) is 66.3. The minimum Gasteiger partial charge on any atom is -0.462 e. The van der Waals surface area contributed by atoms with E-state index in [0.29, 0.717) is 19.3 Å². The van der Waals surface area contributed by atoms with E-state index in [0.717, 1.165) is 70.6 Å². The van der Waals surface area contributed by atoms with Crippen molar-refractivity contribution >= 4 is 11.9 Å². The van der Waals surface area contributed by atoms with Crippen LogP contribution in [0.15, 0.2) is 72.9 Å². The molecule has 0 radical (unpaired) electrons. The van der Waals surface area contributed by atoms with Crippen LogP contribution in [0.2, 0.25) is 0 Å². The Morgan fingerprint density at radius 2 is 0.783 bits per heavy atom. The third-order valence-corrected chi connectivity index (χ3v) is 13.5. The largest absolute Gasteiger partial charge is 0.462 e. The van der Waals surface area contributed by atoms with Crippen LogP contribution in [-0.2, 0) is 14.3 Å². The average Bonchev–Trinajstić information content (AvgIpc) is 3.34. The second-order valence-corrected chi connectivity index (χ2v) is 20.2. The maximum Gasteiger partial charge on any atom is 0.306 e. The van der Waals surface area contributed by atoms with Crippen LogP contribution in [0.5, 0.6) is 0 Å². The zero-order chi connectivity index (χ0) is 50.2. The van der Waals surface area contributed by atoms with Gasteiger partial charge in [-0.1, -0.05) is 306 Å². The first-order chi connectivity index (χ1) is 34.0. The van der Waals surface area contributed by atoms with E-state index < -0.39 is 18.2 Å². The predicted octanol–water partition coefficient (Wildman–Crippen LogP) is 18.5. The summed E-state index contributed by atoms with van der Waals surface area (Å²) in [6.45, 7) is 6.37. The van der Waals surface area contributed by atoms with Gasteiger partial charge in [-0.2, -0.15) is 0 Å². The van der Waals surface area contributed by atoms with Crippen LogP contribution in [0, 0.1) is 0 Å². The Bertz CT molecular complexity index is 1270. The Morgan fingerprint density at radius 1 is 0.435 bits per heavy atom. The molecule has 3 atom stereocenters. The number of nitrogens with one attached hydrogen (secondary N) is 1. The van der Waals surface area contributed by atoms with E-state index in [-0.39, 0.29) is 24.9 Å². The van der Waals surface area contributed by atoms with Gasteiger partial charge in [-0.25, -0.2) is 0 Å². The van der Waals surface area contributed by atoms with Crippen molar-refractivity contribution in [2.24, 2.45) is 0 Å². The standard InChI is InChI=1S/C63H113NO5/c1-4-7-10-13-16-19-22-25-28-31-33-36-39-42-45-48-51-54-59(69-63(68)56-53-50-47-44-41-38-35-32-29-26-23-20-17-14-11-8-5-2)57-62(67)64-60(58-65)61(66)55-52-49-46-43-40-37-34-30-27-24-21-18-15-12-9-6-3/h8,11,14,17,20,23,26,29,32,35,38,41,59-61,65-66H,4-7,9-10,12-13,15-16,18-19,21-22,24-25,27-28,30-31,33-34,36-37,39-40,42-58H2,1-3H3,(H,64,67)/b11-8-,17-14+,23-20+,29-26-,35-32+,41-38+. The second kappa shape index (κ2) is 56.2. The van der Waals surface area contributed by atoms with Gasteiger partial charge < -0.3 is 20.3 Å². The zero-order valence-electron chi connectivity index (χ0n) is 45.7. The SMILES string of the molecule is CC\C=C/C=C/C=C/C=C\C=C\C=C\CCCCCC(=O)OC(CCCCCCCCCCCCCCCCCCC)CC(=O)NC(CO)C(O)CCCCCCCCCCCCCCCCCC. The highest BCUT2D eigenvalue weighted by molar-refractivity contribution is 5.77. The Kier molecular flexibility index (Phi) is 54.0. The molecule has 3 unspecified atom stereocenters. The van der Waals surface area contributed by atoms with Crippen molar-refractivity contribution in [3.63, 3.8) is 0 Å². The van der Waals surface area contributed by atoms with Crippen molar-refractivity contribution in [1.82, 2.24) is 5.32 Å². The van der Waals surface area contributed by atoms with Gasteiger partial charge in [0, 0.05) is 6.42 Å². The lowest BCUT2D eigenvalue weighted by atomic mass is 10.0. The third kappa shape index (κ3) is 51.5. The van der Waals surface area contributed by atoms with Crippen LogP contribution < -0.4 is 5.32 Å². The molecule has 0 aliphatic rings. The Hall–Kier alpha value is -2.70. The number of aliphatic hydroxyl groups excluding tert-OH is 2. The molecule has 69 heavy (non-hydrogen) atoms. The smallest absolute Gasteiger partial charge is 0.306 e. The van der Waals surface area contributed by atoms with Gasteiger partial charge in [-0.05, 0) is 44.9 Å². The number of esters is 1. The van der Waals surface area contributed by atoms with E-state index >= 15 is 0 Å². The minimum absolute atomic E-state index is 0.0599. The van der Waals surface area contributed by atoms with E-state index in [1.54, 1.807) is 0 Å². The fourth-order valence-corrected chi connectivity index (χ4v) is 8.99. The molecule has 0 saturated carbocycles. The summed E-state index contributed by atoms with van der Waals surface area (Å²) in [4.78, 5) is 26.3. The van der Waals surface area contributed by atoms with Crippen LogP contribution in [0.4, 0.5) is 0 Å². The van der Waals surface area contributed by atoms with Crippen LogP contribution in [0.1, 0.15) is 290 Å². The van der Waals surface area contributed by atoms with Gasteiger partial charge >= 0.3 is 5.97 Å². The quantitative estimate of drug-likeness (QED) is 0.0321. The Morgan fingerprint density at radius 3 is 1.17 bits per heavy atom. The van der Waals surface area contributed by atoms with Gasteiger partial charge in [0.25, 0.3) is 0 Å². The number of hydrogen-bond acceptors (Lipinski definition) is 5. The second-order valence-electron chi connectivity index (χ2n) is 20.2. The molecule has 0 aromatic rings. The molecule has 0 spiro atoms. The lowest BCUT2D eigenvalue weighted by Gasteiger charge is -2.24. The molecule has 6 nitrogen and oxygen atoms in total. The molecule has 0 saturated heterocycles. The number of carbonyl (C=O) groups is 2. The van der Waals surface area contributed by atoms with Crippen LogP contribution >= 0.6 is 0 Å². The molecule has 0 fully saturated rings. The number of rotatable bonds is 53. The fourth-order valence-electron chi connectivity index (χ4n) is 8.99. The number of ether oxygens (including phenoxy) is 1. The molecule has 0 aliphatic heterocycles. The molecule has 3 N–H and O–H groups in total. The monoisotopic (exact) mass is 964 g/mol. The lowest BCUT2D eigenvalue weighted by molar-refractivity contribution is -0.151. The molecular formula is C63H113NO5. The summed E-state index contributed by atoms with van der Waals surface area (Å²) in [6, 6.07) is -0.714. The average molecular weight is 965 g/mol. The molecule has 0 heterocycles. The van der Waals surface area contributed by atoms with E-state index in [9.17, 15) is 19.8 Å². The molecule has 6 heteroatoms.